The van der Waals surface area contributed by atoms with Crippen LogP contribution >= 0.6 is 0 Å². The number of carbonyl (C=O) groups is 2. The molecule has 1 fully saturated rings. The summed E-state index contributed by atoms with van der Waals surface area (Å²) in [5, 5.41) is 19.0. The lowest BCUT2D eigenvalue weighted by molar-refractivity contribution is -0.171. The van der Waals surface area contributed by atoms with Gasteiger partial charge in [0.2, 0.25) is 0 Å². The highest BCUT2D eigenvalue weighted by Crippen LogP contribution is 2.43. The molecule has 0 radical (unpaired) electrons. The molecule has 0 atom stereocenters. The number of aliphatic carboxylic acids is 2. The van der Waals surface area contributed by atoms with Gasteiger partial charge in [-0.2, -0.15) is 0 Å². The van der Waals surface area contributed by atoms with E-state index in [9.17, 15) is 19.8 Å². The van der Waals surface area contributed by atoms with Gasteiger partial charge in [-0.15, -0.1) is 0 Å². The van der Waals surface area contributed by atoms with Crippen molar-refractivity contribution in [3.05, 3.63) is 0 Å². The molecular weight excluding hydrogens is 232 g/mol. The third-order valence-corrected chi connectivity index (χ3v) is 4.18. The van der Waals surface area contributed by atoms with Crippen molar-refractivity contribution < 1.29 is 19.8 Å². The minimum atomic E-state index is -1.56. The van der Waals surface area contributed by atoms with E-state index < -0.39 is 17.4 Å². The van der Waals surface area contributed by atoms with Gasteiger partial charge in [0.1, 0.15) is 0 Å². The Kier molecular flexibility index (Phi) is 5.17. The van der Waals surface area contributed by atoms with Crippen molar-refractivity contribution in [1.29, 1.82) is 0 Å². The Morgan fingerprint density at radius 1 is 1.11 bits per heavy atom. The summed E-state index contributed by atoms with van der Waals surface area (Å²) in [6.07, 6.45) is 5.36. The van der Waals surface area contributed by atoms with Crippen LogP contribution in [0.15, 0.2) is 0 Å². The maximum absolute atomic E-state index is 11.6. The summed E-state index contributed by atoms with van der Waals surface area (Å²) in [6, 6.07) is 0. The molecule has 4 nitrogen and oxygen atoms in total. The summed E-state index contributed by atoms with van der Waals surface area (Å²) in [5.74, 6) is -2.18. The van der Waals surface area contributed by atoms with E-state index in [4.69, 9.17) is 0 Å². The fourth-order valence-corrected chi connectivity index (χ4v) is 2.97. The van der Waals surface area contributed by atoms with Crippen molar-refractivity contribution in [2.75, 3.05) is 0 Å². The van der Waals surface area contributed by atoms with Gasteiger partial charge in [0.05, 0.1) is 0 Å². The van der Waals surface area contributed by atoms with Gasteiger partial charge in [-0.05, 0) is 37.5 Å². The van der Waals surface area contributed by atoms with Gasteiger partial charge in [0, 0.05) is 0 Å². The molecule has 0 saturated heterocycles. The largest absolute Gasteiger partial charge is 0.480 e. The van der Waals surface area contributed by atoms with Crippen LogP contribution in [0.3, 0.4) is 0 Å². The first-order chi connectivity index (χ1) is 8.41. The molecule has 2 N–H and O–H groups in total. The molecule has 1 aliphatic rings. The smallest absolute Gasteiger partial charge is 0.321 e. The van der Waals surface area contributed by atoms with Crippen molar-refractivity contribution >= 4 is 11.9 Å². The topological polar surface area (TPSA) is 74.6 Å². The molecule has 0 spiro atoms. The number of hydrogen-bond acceptors (Lipinski definition) is 2. The summed E-state index contributed by atoms with van der Waals surface area (Å²) in [5.41, 5.74) is -1.56. The summed E-state index contributed by atoms with van der Waals surface area (Å²) >= 11 is 0. The second-order valence-corrected chi connectivity index (χ2v) is 5.85. The molecule has 4 heteroatoms. The van der Waals surface area contributed by atoms with Crippen molar-refractivity contribution in [1.82, 2.24) is 0 Å². The van der Waals surface area contributed by atoms with Crippen molar-refractivity contribution in [3.8, 4) is 0 Å². The lowest BCUT2D eigenvalue weighted by Crippen LogP contribution is -2.46. The van der Waals surface area contributed by atoms with Crippen molar-refractivity contribution in [2.24, 2.45) is 17.3 Å². The van der Waals surface area contributed by atoms with E-state index in [2.05, 4.69) is 0 Å². The quantitative estimate of drug-likeness (QED) is 0.716. The van der Waals surface area contributed by atoms with E-state index in [-0.39, 0.29) is 12.3 Å². The number of carboxylic acids is 2. The van der Waals surface area contributed by atoms with Gasteiger partial charge in [-0.1, -0.05) is 33.1 Å². The highest BCUT2D eigenvalue weighted by molar-refractivity contribution is 5.98. The highest BCUT2D eigenvalue weighted by atomic mass is 16.4. The van der Waals surface area contributed by atoms with Gasteiger partial charge >= 0.3 is 11.9 Å². The van der Waals surface area contributed by atoms with Crippen LogP contribution < -0.4 is 0 Å². The summed E-state index contributed by atoms with van der Waals surface area (Å²) in [4.78, 5) is 23.2. The molecule has 1 saturated carbocycles. The molecule has 104 valence electrons. The van der Waals surface area contributed by atoms with E-state index in [1.165, 1.54) is 0 Å². The molecule has 0 amide bonds. The summed E-state index contributed by atoms with van der Waals surface area (Å²) in [6.45, 7) is 3.99. The average Bonchev–Trinajstić information content (AvgIpc) is 2.30. The first-order valence-electron chi connectivity index (χ1n) is 6.88. The normalized spacial score (nSPS) is 17.9. The van der Waals surface area contributed by atoms with E-state index in [0.29, 0.717) is 12.3 Å². The van der Waals surface area contributed by atoms with E-state index in [1.807, 2.05) is 13.8 Å². The number of hydrogen-bond donors (Lipinski definition) is 2. The molecule has 1 aliphatic carbocycles. The maximum Gasteiger partial charge on any atom is 0.321 e. The fraction of sp³-hybridized carbons (Fsp3) is 0.857. The maximum atomic E-state index is 11.6. The van der Waals surface area contributed by atoms with E-state index >= 15 is 0 Å². The number of rotatable bonds is 6. The standard InChI is InChI=1S/C14H24O4/c1-10(2)8-9-14(12(15)16,13(17)18)11-6-4-3-5-7-11/h10-11H,3-9H2,1-2H3,(H,15,16)(H,17,18). The molecule has 0 aliphatic heterocycles. The van der Waals surface area contributed by atoms with Crippen LogP contribution in [-0.4, -0.2) is 22.2 Å². The minimum Gasteiger partial charge on any atom is -0.480 e. The molecule has 0 bridgehead atoms. The zero-order chi connectivity index (χ0) is 13.8. The fourth-order valence-electron chi connectivity index (χ4n) is 2.97. The van der Waals surface area contributed by atoms with Crippen LogP contribution in [0.4, 0.5) is 0 Å². The molecule has 0 aromatic carbocycles. The Bertz CT molecular complexity index is 289. The lowest BCUT2D eigenvalue weighted by atomic mass is 9.65. The molecule has 0 unspecified atom stereocenters. The Morgan fingerprint density at radius 2 is 1.61 bits per heavy atom. The number of carboxylic acid groups (broad SMARTS) is 2. The zero-order valence-electron chi connectivity index (χ0n) is 11.3. The predicted molar refractivity (Wildman–Crippen MR) is 68.4 cm³/mol. The third kappa shape index (κ3) is 3.03. The predicted octanol–water partition coefficient (Wildman–Crippen LogP) is 3.16. The zero-order valence-corrected chi connectivity index (χ0v) is 11.3. The van der Waals surface area contributed by atoms with Gasteiger partial charge < -0.3 is 10.2 Å². The Hall–Kier alpha value is -1.06. The van der Waals surface area contributed by atoms with Crippen LogP contribution in [0.5, 0.6) is 0 Å². The first-order valence-corrected chi connectivity index (χ1v) is 6.88. The van der Waals surface area contributed by atoms with Crippen molar-refractivity contribution in [3.63, 3.8) is 0 Å². The van der Waals surface area contributed by atoms with Gasteiger partial charge in [-0.25, -0.2) is 0 Å². The van der Waals surface area contributed by atoms with Gasteiger partial charge in [0.25, 0.3) is 0 Å². The Morgan fingerprint density at radius 3 is 2.00 bits per heavy atom. The van der Waals surface area contributed by atoms with Gasteiger partial charge in [-0.3, -0.25) is 9.59 Å². The SMILES string of the molecule is CC(C)CCC(C(=O)O)(C(=O)O)C1CCCCC1. The van der Waals surface area contributed by atoms with Crippen LogP contribution in [0.1, 0.15) is 58.8 Å². The van der Waals surface area contributed by atoms with Gasteiger partial charge in [0.15, 0.2) is 5.41 Å². The third-order valence-electron chi connectivity index (χ3n) is 4.18. The van der Waals surface area contributed by atoms with E-state index in [1.54, 1.807) is 0 Å². The van der Waals surface area contributed by atoms with Crippen LogP contribution in [-0.2, 0) is 9.59 Å². The molecule has 18 heavy (non-hydrogen) atoms. The monoisotopic (exact) mass is 256 g/mol. The van der Waals surface area contributed by atoms with Crippen LogP contribution in [0.2, 0.25) is 0 Å². The minimum absolute atomic E-state index is 0.208. The molecule has 0 aromatic heterocycles. The molecule has 0 heterocycles. The van der Waals surface area contributed by atoms with Crippen LogP contribution in [0.25, 0.3) is 0 Å². The van der Waals surface area contributed by atoms with E-state index in [0.717, 1.165) is 32.1 Å². The molecule has 0 aromatic rings. The lowest BCUT2D eigenvalue weighted by Gasteiger charge is -2.36. The highest BCUT2D eigenvalue weighted by Gasteiger charge is 2.52. The summed E-state index contributed by atoms with van der Waals surface area (Å²) in [7, 11) is 0. The second kappa shape index (κ2) is 6.21. The molecule has 1 rings (SSSR count). The summed E-state index contributed by atoms with van der Waals surface area (Å²) < 4.78 is 0. The van der Waals surface area contributed by atoms with Crippen LogP contribution in [0, 0.1) is 17.3 Å². The average molecular weight is 256 g/mol. The Balaban J connectivity index is 2.96. The molecular formula is C14H24O4. The Labute approximate surface area is 108 Å². The van der Waals surface area contributed by atoms with Crippen molar-refractivity contribution in [2.45, 2.75) is 58.8 Å². The second-order valence-electron chi connectivity index (χ2n) is 5.85. The first kappa shape index (κ1) is 15.0.